The van der Waals surface area contributed by atoms with Crippen LogP contribution in [0.15, 0.2) is 30.3 Å². The Labute approximate surface area is 114 Å². The zero-order valence-electron chi connectivity index (χ0n) is 11.9. The van der Waals surface area contributed by atoms with Gasteiger partial charge in [-0.15, -0.1) is 0 Å². The van der Waals surface area contributed by atoms with Gasteiger partial charge in [-0.25, -0.2) is 4.98 Å². The summed E-state index contributed by atoms with van der Waals surface area (Å²) in [7, 11) is 0. The van der Waals surface area contributed by atoms with Crippen molar-refractivity contribution >= 4 is 16.7 Å². The van der Waals surface area contributed by atoms with E-state index in [4.69, 9.17) is 4.98 Å². The van der Waals surface area contributed by atoms with Crippen molar-refractivity contribution in [1.82, 2.24) is 10.3 Å². The minimum atomic E-state index is 0.511. The number of nitrogens with zero attached hydrogens (tertiary/aromatic N) is 2. The summed E-state index contributed by atoms with van der Waals surface area (Å²) < 4.78 is 0. The summed E-state index contributed by atoms with van der Waals surface area (Å²) in [5.74, 6) is 1.14. The van der Waals surface area contributed by atoms with Crippen LogP contribution in [0.4, 0.5) is 5.82 Å². The maximum atomic E-state index is 4.87. The molecule has 0 amide bonds. The number of rotatable bonds is 1. The Morgan fingerprint density at radius 3 is 2.58 bits per heavy atom. The predicted molar refractivity (Wildman–Crippen MR) is 80.8 cm³/mol. The first-order valence-electron chi connectivity index (χ1n) is 7.01. The second-order valence-electron chi connectivity index (χ2n) is 5.70. The van der Waals surface area contributed by atoms with E-state index < -0.39 is 0 Å². The second-order valence-corrected chi connectivity index (χ2v) is 5.70. The third-order valence-electron chi connectivity index (χ3n) is 3.74. The van der Waals surface area contributed by atoms with E-state index in [1.54, 1.807) is 0 Å². The Balaban J connectivity index is 2.01. The van der Waals surface area contributed by atoms with Gasteiger partial charge in [-0.05, 0) is 38.5 Å². The molecule has 1 aromatic heterocycles. The molecule has 19 heavy (non-hydrogen) atoms. The van der Waals surface area contributed by atoms with Crippen LogP contribution >= 0.6 is 0 Å². The number of piperazine rings is 1. The lowest BCUT2D eigenvalue weighted by Crippen LogP contribution is -2.54. The molecule has 0 aliphatic carbocycles. The van der Waals surface area contributed by atoms with Crippen molar-refractivity contribution in [3.63, 3.8) is 0 Å². The first-order chi connectivity index (χ1) is 9.13. The highest BCUT2D eigenvalue weighted by atomic mass is 15.3. The highest BCUT2D eigenvalue weighted by Crippen LogP contribution is 2.24. The van der Waals surface area contributed by atoms with Crippen molar-refractivity contribution in [1.29, 1.82) is 0 Å². The molecule has 3 heteroatoms. The summed E-state index contributed by atoms with van der Waals surface area (Å²) in [6.45, 7) is 8.68. The van der Waals surface area contributed by atoms with E-state index in [0.29, 0.717) is 12.1 Å². The third kappa shape index (κ3) is 2.43. The quantitative estimate of drug-likeness (QED) is 0.849. The summed E-state index contributed by atoms with van der Waals surface area (Å²) in [5, 5.41) is 4.79. The summed E-state index contributed by atoms with van der Waals surface area (Å²) in [4.78, 5) is 7.28. The molecule has 3 rings (SSSR count). The first-order valence-corrected chi connectivity index (χ1v) is 7.01. The topological polar surface area (TPSA) is 28.2 Å². The molecular formula is C16H21N3. The molecule has 0 radical (unpaired) electrons. The molecule has 100 valence electrons. The van der Waals surface area contributed by atoms with Crippen LogP contribution in [0.1, 0.15) is 19.4 Å². The molecule has 0 bridgehead atoms. The lowest BCUT2D eigenvalue weighted by Gasteiger charge is -2.37. The fourth-order valence-electron chi connectivity index (χ4n) is 3.03. The molecule has 1 aromatic carbocycles. The van der Waals surface area contributed by atoms with E-state index in [1.165, 1.54) is 10.9 Å². The van der Waals surface area contributed by atoms with E-state index in [0.717, 1.165) is 24.4 Å². The van der Waals surface area contributed by atoms with Gasteiger partial charge in [0.15, 0.2) is 0 Å². The average Bonchev–Trinajstić information content (AvgIpc) is 2.36. The molecule has 2 atom stereocenters. The fourth-order valence-corrected chi connectivity index (χ4v) is 3.03. The SMILES string of the molecule is Cc1cc2ccccc2nc1N1CC(C)NC(C)C1. The number of fused-ring (bicyclic) bond motifs is 1. The van der Waals surface area contributed by atoms with Crippen LogP contribution in [-0.2, 0) is 0 Å². The van der Waals surface area contributed by atoms with Gasteiger partial charge in [0.2, 0.25) is 0 Å². The van der Waals surface area contributed by atoms with E-state index in [2.05, 4.69) is 61.3 Å². The van der Waals surface area contributed by atoms with Gasteiger partial charge in [0.25, 0.3) is 0 Å². The third-order valence-corrected chi connectivity index (χ3v) is 3.74. The lowest BCUT2D eigenvalue weighted by molar-refractivity contribution is 0.405. The second kappa shape index (κ2) is 4.82. The van der Waals surface area contributed by atoms with Gasteiger partial charge >= 0.3 is 0 Å². The van der Waals surface area contributed by atoms with Crippen molar-refractivity contribution < 1.29 is 0 Å². The first kappa shape index (κ1) is 12.4. The lowest BCUT2D eigenvalue weighted by atomic mass is 10.1. The monoisotopic (exact) mass is 255 g/mol. The summed E-state index contributed by atoms with van der Waals surface area (Å²) in [6.07, 6.45) is 0. The van der Waals surface area contributed by atoms with Crippen LogP contribution in [-0.4, -0.2) is 30.2 Å². The number of anilines is 1. The normalized spacial score (nSPS) is 23.8. The number of hydrogen-bond acceptors (Lipinski definition) is 3. The van der Waals surface area contributed by atoms with E-state index in [-0.39, 0.29) is 0 Å². The van der Waals surface area contributed by atoms with Crippen LogP contribution in [0.3, 0.4) is 0 Å². The highest BCUT2D eigenvalue weighted by Gasteiger charge is 2.23. The van der Waals surface area contributed by atoms with Crippen molar-refractivity contribution in [2.45, 2.75) is 32.9 Å². The molecule has 2 aromatic rings. The minimum absolute atomic E-state index is 0.511. The van der Waals surface area contributed by atoms with Gasteiger partial charge in [0.05, 0.1) is 5.52 Å². The van der Waals surface area contributed by atoms with Crippen LogP contribution in [0.5, 0.6) is 0 Å². The van der Waals surface area contributed by atoms with Gasteiger partial charge in [-0.2, -0.15) is 0 Å². The van der Waals surface area contributed by atoms with Gasteiger partial charge in [-0.3, -0.25) is 0 Å². The summed E-state index contributed by atoms with van der Waals surface area (Å²) in [5.41, 5.74) is 2.35. The van der Waals surface area contributed by atoms with Crippen LogP contribution < -0.4 is 10.2 Å². The smallest absolute Gasteiger partial charge is 0.132 e. The van der Waals surface area contributed by atoms with Crippen LogP contribution in [0, 0.1) is 6.92 Å². The molecular weight excluding hydrogens is 234 g/mol. The van der Waals surface area contributed by atoms with E-state index in [9.17, 15) is 0 Å². The minimum Gasteiger partial charge on any atom is -0.353 e. The predicted octanol–water partition coefficient (Wildman–Crippen LogP) is 2.73. The molecule has 1 aliphatic heterocycles. The average molecular weight is 255 g/mol. The van der Waals surface area contributed by atoms with Gasteiger partial charge in [0.1, 0.15) is 5.82 Å². The van der Waals surface area contributed by atoms with Crippen LogP contribution in [0.2, 0.25) is 0 Å². The highest BCUT2D eigenvalue weighted by molar-refractivity contribution is 5.81. The van der Waals surface area contributed by atoms with Gasteiger partial charge < -0.3 is 10.2 Å². The Morgan fingerprint density at radius 2 is 1.84 bits per heavy atom. The Bertz CT molecular complexity index is 584. The summed E-state index contributed by atoms with van der Waals surface area (Å²) in [6, 6.07) is 11.6. The van der Waals surface area contributed by atoms with Crippen molar-refractivity contribution in [2.24, 2.45) is 0 Å². The van der Waals surface area contributed by atoms with Gasteiger partial charge in [-0.1, -0.05) is 18.2 Å². The number of aromatic nitrogens is 1. The van der Waals surface area contributed by atoms with Crippen molar-refractivity contribution in [3.05, 3.63) is 35.9 Å². The zero-order valence-corrected chi connectivity index (χ0v) is 11.9. The molecule has 0 spiro atoms. The zero-order chi connectivity index (χ0) is 13.4. The molecule has 1 fully saturated rings. The Morgan fingerprint density at radius 1 is 1.16 bits per heavy atom. The number of para-hydroxylation sites is 1. The molecule has 3 nitrogen and oxygen atoms in total. The number of nitrogens with one attached hydrogen (secondary N) is 1. The van der Waals surface area contributed by atoms with E-state index in [1.807, 2.05) is 0 Å². The number of benzene rings is 1. The standard InChI is InChI=1S/C16H21N3/c1-11-8-14-6-4-5-7-15(14)18-16(11)19-9-12(2)17-13(3)10-19/h4-8,12-13,17H,9-10H2,1-3H3. The van der Waals surface area contributed by atoms with Crippen molar-refractivity contribution in [2.75, 3.05) is 18.0 Å². The molecule has 2 unspecified atom stereocenters. The Kier molecular flexibility index (Phi) is 3.15. The van der Waals surface area contributed by atoms with Crippen molar-refractivity contribution in [3.8, 4) is 0 Å². The number of aryl methyl sites for hydroxylation is 1. The Hall–Kier alpha value is -1.61. The largest absolute Gasteiger partial charge is 0.353 e. The number of hydrogen-bond donors (Lipinski definition) is 1. The summed E-state index contributed by atoms with van der Waals surface area (Å²) >= 11 is 0. The molecule has 2 heterocycles. The molecule has 1 saturated heterocycles. The van der Waals surface area contributed by atoms with E-state index >= 15 is 0 Å². The van der Waals surface area contributed by atoms with Crippen LogP contribution in [0.25, 0.3) is 10.9 Å². The number of pyridine rings is 1. The molecule has 1 N–H and O–H groups in total. The maximum Gasteiger partial charge on any atom is 0.132 e. The maximum absolute atomic E-state index is 4.87. The molecule has 1 aliphatic rings. The van der Waals surface area contributed by atoms with Gasteiger partial charge in [0, 0.05) is 30.6 Å². The molecule has 0 saturated carbocycles. The fraction of sp³-hybridized carbons (Fsp3) is 0.438.